The van der Waals surface area contributed by atoms with E-state index in [4.69, 9.17) is 11.6 Å². The van der Waals surface area contributed by atoms with E-state index >= 15 is 0 Å². The minimum absolute atomic E-state index is 0.0143. The first-order chi connectivity index (χ1) is 15.1. The van der Waals surface area contributed by atoms with Crippen LogP contribution >= 0.6 is 22.9 Å². The number of nitrogens with zero attached hydrogens (tertiary/aromatic N) is 4. The monoisotopic (exact) mass is 458 g/mol. The number of anilines is 2. The molecule has 1 amide bonds. The minimum Gasteiger partial charge on any atom is -0.368 e. The van der Waals surface area contributed by atoms with Crippen LogP contribution in [0, 0.1) is 11.7 Å². The van der Waals surface area contributed by atoms with E-state index in [0.29, 0.717) is 6.54 Å². The summed E-state index contributed by atoms with van der Waals surface area (Å²) < 4.78 is 14.4. The highest BCUT2D eigenvalue weighted by Gasteiger charge is 2.32. The maximum atomic E-state index is 13.5. The van der Waals surface area contributed by atoms with E-state index in [1.54, 1.807) is 6.07 Å². The van der Waals surface area contributed by atoms with E-state index in [1.807, 2.05) is 29.2 Å². The average Bonchev–Trinajstić information content (AvgIpc) is 3.23. The maximum Gasteiger partial charge on any atom is 0.227 e. The van der Waals surface area contributed by atoms with Crippen molar-refractivity contribution < 1.29 is 9.18 Å². The van der Waals surface area contributed by atoms with Gasteiger partial charge in [0.25, 0.3) is 0 Å². The van der Waals surface area contributed by atoms with Gasteiger partial charge in [0.15, 0.2) is 5.13 Å². The molecular formula is C23H24ClFN4OS. The molecule has 2 saturated heterocycles. The molecule has 162 valence electrons. The predicted molar refractivity (Wildman–Crippen MR) is 125 cm³/mol. The lowest BCUT2D eigenvalue weighted by molar-refractivity contribution is -0.136. The van der Waals surface area contributed by atoms with Crippen molar-refractivity contribution in [1.29, 1.82) is 0 Å². The number of carbonyl (C=O) groups excluding carboxylic acids is 1. The number of amides is 1. The third-order valence-electron chi connectivity index (χ3n) is 6.16. The molecule has 2 aliphatic heterocycles. The normalized spacial score (nSPS) is 19.8. The van der Waals surface area contributed by atoms with Gasteiger partial charge in [0.1, 0.15) is 5.82 Å². The smallest absolute Gasteiger partial charge is 0.227 e. The van der Waals surface area contributed by atoms with Crippen LogP contribution in [0.3, 0.4) is 0 Å². The van der Waals surface area contributed by atoms with Crippen LogP contribution in [0.25, 0.3) is 10.2 Å². The summed E-state index contributed by atoms with van der Waals surface area (Å²) in [5, 5.41) is 1.61. The molecule has 5 nitrogen and oxygen atoms in total. The third-order valence-corrected chi connectivity index (χ3v) is 7.49. The molecule has 5 rings (SSSR count). The number of halogens is 2. The molecular weight excluding hydrogens is 435 g/mol. The molecule has 31 heavy (non-hydrogen) atoms. The molecule has 1 atom stereocenters. The molecule has 1 unspecified atom stereocenters. The van der Waals surface area contributed by atoms with Crippen molar-refractivity contribution in [2.75, 3.05) is 49.1 Å². The second kappa shape index (κ2) is 8.63. The lowest BCUT2D eigenvalue weighted by atomic mass is 9.96. The second-order valence-corrected chi connectivity index (χ2v) is 9.63. The Bertz CT molecular complexity index is 1080. The Balaban J connectivity index is 1.22. The fraction of sp³-hybridized carbons (Fsp3) is 0.391. The van der Waals surface area contributed by atoms with E-state index in [0.717, 1.165) is 71.6 Å². The maximum absolute atomic E-state index is 13.5. The number of benzene rings is 2. The fourth-order valence-electron chi connectivity index (χ4n) is 4.47. The van der Waals surface area contributed by atoms with Gasteiger partial charge in [-0.25, -0.2) is 9.37 Å². The first kappa shape index (κ1) is 20.5. The number of hydrogen-bond donors (Lipinski definition) is 0. The Labute approximate surface area is 190 Å². The Kier molecular flexibility index (Phi) is 5.71. The van der Waals surface area contributed by atoms with Crippen LogP contribution in [0.2, 0.25) is 5.02 Å². The SMILES string of the molecule is O=C(C1CCCN(c2nc3ccc(F)cc3s2)C1)N1CCN(c2ccc(Cl)cc2)CC1. The van der Waals surface area contributed by atoms with Crippen LogP contribution in [0.5, 0.6) is 0 Å². The van der Waals surface area contributed by atoms with E-state index in [9.17, 15) is 9.18 Å². The van der Waals surface area contributed by atoms with Crippen molar-refractivity contribution in [1.82, 2.24) is 9.88 Å². The molecule has 3 aromatic rings. The highest BCUT2D eigenvalue weighted by molar-refractivity contribution is 7.22. The largest absolute Gasteiger partial charge is 0.368 e. The molecule has 1 aromatic heterocycles. The van der Waals surface area contributed by atoms with Crippen molar-refractivity contribution in [2.45, 2.75) is 12.8 Å². The number of carbonyl (C=O) groups is 1. The van der Waals surface area contributed by atoms with Crippen LogP contribution in [-0.2, 0) is 4.79 Å². The van der Waals surface area contributed by atoms with Gasteiger partial charge in [-0.05, 0) is 55.3 Å². The predicted octanol–water partition coefficient (Wildman–Crippen LogP) is 4.65. The molecule has 0 saturated carbocycles. The van der Waals surface area contributed by atoms with Gasteiger partial charge < -0.3 is 14.7 Å². The summed E-state index contributed by atoms with van der Waals surface area (Å²) in [5.41, 5.74) is 1.96. The second-order valence-electron chi connectivity index (χ2n) is 8.18. The van der Waals surface area contributed by atoms with Gasteiger partial charge in [0.2, 0.25) is 5.91 Å². The minimum atomic E-state index is -0.243. The average molecular weight is 459 g/mol. The van der Waals surface area contributed by atoms with Crippen LogP contribution in [-0.4, -0.2) is 55.1 Å². The molecule has 0 aliphatic carbocycles. The van der Waals surface area contributed by atoms with Gasteiger partial charge >= 0.3 is 0 Å². The lowest BCUT2D eigenvalue weighted by Gasteiger charge is -2.39. The van der Waals surface area contributed by atoms with Crippen LogP contribution in [0.15, 0.2) is 42.5 Å². The van der Waals surface area contributed by atoms with Crippen LogP contribution in [0.4, 0.5) is 15.2 Å². The molecule has 0 spiro atoms. The molecule has 2 aliphatic rings. The first-order valence-electron chi connectivity index (χ1n) is 10.7. The van der Waals surface area contributed by atoms with Gasteiger partial charge in [-0.1, -0.05) is 22.9 Å². The van der Waals surface area contributed by atoms with E-state index < -0.39 is 0 Å². The zero-order valence-corrected chi connectivity index (χ0v) is 18.7. The molecule has 8 heteroatoms. The standard InChI is InChI=1S/C23H24ClFN4OS/c24-17-3-6-19(7-4-17)27-10-12-28(13-11-27)22(30)16-2-1-9-29(15-16)23-26-20-8-5-18(25)14-21(20)31-23/h3-8,14,16H,1-2,9-13,15H2. The van der Waals surface area contributed by atoms with Gasteiger partial charge in [-0.2, -0.15) is 0 Å². The van der Waals surface area contributed by atoms with E-state index in [2.05, 4.69) is 14.8 Å². The zero-order chi connectivity index (χ0) is 21.4. The van der Waals surface area contributed by atoms with Crippen LogP contribution < -0.4 is 9.80 Å². The van der Waals surface area contributed by atoms with Gasteiger partial charge in [-0.3, -0.25) is 4.79 Å². The number of fused-ring (bicyclic) bond motifs is 1. The van der Waals surface area contributed by atoms with Crippen molar-refractivity contribution in [3.8, 4) is 0 Å². The molecule has 0 radical (unpaired) electrons. The number of piperazine rings is 1. The number of piperidine rings is 1. The molecule has 0 N–H and O–H groups in total. The molecule has 2 aromatic carbocycles. The summed E-state index contributed by atoms with van der Waals surface area (Å²) in [7, 11) is 0. The highest BCUT2D eigenvalue weighted by Crippen LogP contribution is 2.32. The van der Waals surface area contributed by atoms with Crippen LogP contribution in [0.1, 0.15) is 12.8 Å². The van der Waals surface area contributed by atoms with Crippen molar-refractivity contribution in [2.24, 2.45) is 5.92 Å². The number of rotatable bonds is 3. The number of aromatic nitrogens is 1. The number of hydrogen-bond acceptors (Lipinski definition) is 5. The van der Waals surface area contributed by atoms with Crippen molar-refractivity contribution in [3.05, 3.63) is 53.3 Å². The summed E-state index contributed by atoms with van der Waals surface area (Å²) in [4.78, 5) is 24.4. The summed E-state index contributed by atoms with van der Waals surface area (Å²) in [5.74, 6) is -0.0145. The summed E-state index contributed by atoms with van der Waals surface area (Å²) in [6.45, 7) is 4.69. The Hall–Kier alpha value is -2.38. The number of thiazole rings is 1. The van der Waals surface area contributed by atoms with Crippen molar-refractivity contribution in [3.63, 3.8) is 0 Å². The lowest BCUT2D eigenvalue weighted by Crippen LogP contribution is -2.52. The molecule has 3 heterocycles. The summed E-state index contributed by atoms with van der Waals surface area (Å²) in [6.07, 6.45) is 1.87. The quantitative estimate of drug-likeness (QED) is 0.572. The van der Waals surface area contributed by atoms with E-state index in [1.165, 1.54) is 23.5 Å². The van der Waals surface area contributed by atoms with Gasteiger partial charge in [-0.15, -0.1) is 0 Å². The Morgan fingerprint density at radius 1 is 1.03 bits per heavy atom. The fourth-order valence-corrected chi connectivity index (χ4v) is 5.62. The summed E-state index contributed by atoms with van der Waals surface area (Å²) >= 11 is 7.49. The van der Waals surface area contributed by atoms with Gasteiger partial charge in [0, 0.05) is 50.0 Å². The molecule has 0 bridgehead atoms. The third kappa shape index (κ3) is 4.34. The van der Waals surface area contributed by atoms with E-state index in [-0.39, 0.29) is 17.6 Å². The molecule has 2 fully saturated rings. The summed E-state index contributed by atoms with van der Waals surface area (Å²) in [6, 6.07) is 12.6. The van der Waals surface area contributed by atoms with Gasteiger partial charge in [0.05, 0.1) is 16.1 Å². The first-order valence-corrected chi connectivity index (χ1v) is 11.9. The topological polar surface area (TPSA) is 39.7 Å². The highest BCUT2D eigenvalue weighted by atomic mass is 35.5. The Morgan fingerprint density at radius 2 is 1.81 bits per heavy atom. The van der Waals surface area contributed by atoms with Crippen molar-refractivity contribution >= 4 is 49.9 Å². The Morgan fingerprint density at radius 3 is 2.58 bits per heavy atom. The zero-order valence-electron chi connectivity index (χ0n) is 17.1.